The number of carbonyl (C=O) groups excluding carboxylic acids is 4. The van der Waals surface area contributed by atoms with Crippen LogP contribution in [0.25, 0.3) is 0 Å². The first-order valence-electron chi connectivity index (χ1n) is 45.5. The molecule has 0 aliphatic heterocycles. The molecule has 0 fully saturated rings. The van der Waals surface area contributed by atoms with Crippen molar-refractivity contribution in [1.82, 2.24) is 0 Å². The Hall–Kier alpha value is -1.94. The molecule has 0 aromatic carbocycles. The Morgan fingerprint density at radius 2 is 0.477 bits per heavy atom. The predicted octanol–water partition coefficient (Wildman–Crippen LogP) is 27.0. The van der Waals surface area contributed by atoms with E-state index < -0.39 is 97.5 Å². The molecule has 0 amide bonds. The van der Waals surface area contributed by atoms with Crippen LogP contribution in [0.3, 0.4) is 0 Å². The van der Waals surface area contributed by atoms with E-state index in [1.165, 1.54) is 283 Å². The number of carbonyl (C=O) groups is 4. The Morgan fingerprint density at radius 3 is 0.710 bits per heavy atom. The van der Waals surface area contributed by atoms with Gasteiger partial charge in [0.25, 0.3) is 0 Å². The summed E-state index contributed by atoms with van der Waals surface area (Å²) in [4.78, 5) is 73.3. The minimum Gasteiger partial charge on any atom is -0.462 e. The molecule has 19 heteroatoms. The van der Waals surface area contributed by atoms with E-state index in [2.05, 4.69) is 41.5 Å². The summed E-state index contributed by atoms with van der Waals surface area (Å²) in [5.74, 6) is -0.549. The minimum atomic E-state index is -4.97. The fourth-order valence-electron chi connectivity index (χ4n) is 13.7. The summed E-state index contributed by atoms with van der Waals surface area (Å²) in [7, 11) is -9.93. The van der Waals surface area contributed by atoms with Crippen molar-refractivity contribution < 1.29 is 80.2 Å². The summed E-state index contributed by atoms with van der Waals surface area (Å²) in [6, 6.07) is 0. The van der Waals surface area contributed by atoms with Crippen molar-refractivity contribution in [3.63, 3.8) is 0 Å². The zero-order chi connectivity index (χ0) is 78.5. The average Bonchev–Trinajstić information content (AvgIpc) is 0.913. The summed E-state index contributed by atoms with van der Waals surface area (Å²) in [5.41, 5.74) is 0. The van der Waals surface area contributed by atoms with Gasteiger partial charge in [-0.25, -0.2) is 9.13 Å². The smallest absolute Gasteiger partial charge is 0.462 e. The van der Waals surface area contributed by atoms with E-state index in [-0.39, 0.29) is 25.7 Å². The number of aliphatic hydroxyl groups excluding tert-OH is 1. The second-order valence-corrected chi connectivity index (χ2v) is 35.3. The third-order valence-corrected chi connectivity index (χ3v) is 23.0. The summed E-state index contributed by atoms with van der Waals surface area (Å²) < 4.78 is 69.0. The number of phosphoric acid groups is 2. The molecule has 17 nitrogen and oxygen atoms in total. The van der Waals surface area contributed by atoms with E-state index in [0.717, 1.165) is 108 Å². The van der Waals surface area contributed by atoms with Gasteiger partial charge in [0, 0.05) is 25.7 Å². The highest BCUT2D eigenvalue weighted by Crippen LogP contribution is 2.45. The summed E-state index contributed by atoms with van der Waals surface area (Å²) in [6.07, 6.45) is 72.3. The third-order valence-electron chi connectivity index (χ3n) is 21.1. The molecule has 0 spiro atoms. The lowest BCUT2D eigenvalue weighted by Gasteiger charge is -2.21. The molecule has 0 aromatic heterocycles. The normalized spacial score (nSPS) is 14.0. The van der Waals surface area contributed by atoms with Crippen molar-refractivity contribution >= 4 is 39.5 Å². The summed E-state index contributed by atoms with van der Waals surface area (Å²) >= 11 is 0. The molecule has 0 radical (unpaired) electrons. The van der Waals surface area contributed by atoms with Crippen LogP contribution in [0.4, 0.5) is 0 Å². The molecule has 636 valence electrons. The van der Waals surface area contributed by atoms with Crippen LogP contribution in [0, 0.1) is 11.8 Å². The van der Waals surface area contributed by atoms with Crippen LogP contribution >= 0.6 is 15.6 Å². The topological polar surface area (TPSA) is 237 Å². The molecule has 3 N–H and O–H groups in total. The summed E-state index contributed by atoms with van der Waals surface area (Å²) in [5, 5.41) is 10.7. The first kappa shape index (κ1) is 105. The van der Waals surface area contributed by atoms with Gasteiger partial charge >= 0.3 is 39.5 Å². The Kier molecular flexibility index (Phi) is 77.9. The van der Waals surface area contributed by atoms with Crippen LogP contribution in [0.2, 0.25) is 0 Å². The van der Waals surface area contributed by atoms with Crippen molar-refractivity contribution in [2.45, 2.75) is 490 Å². The SMILES string of the molecule is CCCCCCCCCCCCCCCCCCCCCC(=O)OC[C@H](COP(=O)(O)OC[C@@H](O)COP(=O)(O)OC[C@@H](COC(=O)CCCCCCCCC(C)CC)OC(=O)CCCCCCCCCCCCCCCCCCC)OC(=O)CCCCCCCCCCCCCCCCCCCCC(C)C. The second kappa shape index (κ2) is 79.3. The third kappa shape index (κ3) is 80.5. The molecule has 107 heavy (non-hydrogen) atoms. The zero-order valence-electron chi connectivity index (χ0n) is 70.5. The van der Waals surface area contributed by atoms with Crippen LogP contribution in [0.1, 0.15) is 472 Å². The number of aliphatic hydroxyl groups is 1. The molecule has 0 aromatic rings. The molecule has 0 saturated carbocycles. The minimum absolute atomic E-state index is 0.108. The fraction of sp³-hybridized carbons (Fsp3) is 0.955. The van der Waals surface area contributed by atoms with Crippen molar-refractivity contribution in [2.24, 2.45) is 11.8 Å². The largest absolute Gasteiger partial charge is 0.472 e. The quantitative estimate of drug-likeness (QED) is 0.0222. The molecule has 6 atom stereocenters. The number of hydrogen-bond donors (Lipinski definition) is 3. The van der Waals surface area contributed by atoms with Gasteiger partial charge in [-0.05, 0) is 37.5 Å². The van der Waals surface area contributed by atoms with E-state index in [1.54, 1.807) is 0 Å². The van der Waals surface area contributed by atoms with Gasteiger partial charge in [-0.3, -0.25) is 37.3 Å². The van der Waals surface area contributed by atoms with Crippen LogP contribution in [0.5, 0.6) is 0 Å². The highest BCUT2D eigenvalue weighted by Gasteiger charge is 2.31. The van der Waals surface area contributed by atoms with Crippen molar-refractivity contribution in [2.75, 3.05) is 39.6 Å². The lowest BCUT2D eigenvalue weighted by atomic mass is 10.00. The first-order chi connectivity index (χ1) is 51.9. The zero-order valence-corrected chi connectivity index (χ0v) is 72.2. The highest BCUT2D eigenvalue weighted by molar-refractivity contribution is 7.47. The van der Waals surface area contributed by atoms with E-state index >= 15 is 0 Å². The number of esters is 4. The van der Waals surface area contributed by atoms with Gasteiger partial charge in [0.2, 0.25) is 0 Å². The number of unbranched alkanes of at least 4 members (excludes halogenated alkanes) is 56. The van der Waals surface area contributed by atoms with Crippen molar-refractivity contribution in [3.8, 4) is 0 Å². The molecular weight excluding hydrogens is 1390 g/mol. The maximum atomic E-state index is 13.2. The molecule has 0 aliphatic carbocycles. The van der Waals surface area contributed by atoms with E-state index in [0.29, 0.717) is 25.7 Å². The van der Waals surface area contributed by atoms with Crippen LogP contribution in [0.15, 0.2) is 0 Å². The lowest BCUT2D eigenvalue weighted by molar-refractivity contribution is -0.161. The second-order valence-electron chi connectivity index (χ2n) is 32.4. The molecule has 0 heterocycles. The molecule has 0 aliphatic rings. The van der Waals surface area contributed by atoms with E-state index in [1.807, 2.05) is 0 Å². The van der Waals surface area contributed by atoms with Gasteiger partial charge in [0.05, 0.1) is 26.4 Å². The number of rotatable bonds is 87. The van der Waals surface area contributed by atoms with Gasteiger partial charge in [0.15, 0.2) is 12.2 Å². The monoisotopic (exact) mass is 1560 g/mol. The van der Waals surface area contributed by atoms with Crippen molar-refractivity contribution in [3.05, 3.63) is 0 Å². The fourth-order valence-corrected chi connectivity index (χ4v) is 15.3. The van der Waals surface area contributed by atoms with Gasteiger partial charge < -0.3 is 33.8 Å². The Morgan fingerprint density at radius 1 is 0.271 bits per heavy atom. The maximum absolute atomic E-state index is 13.2. The number of hydrogen-bond acceptors (Lipinski definition) is 15. The first-order valence-corrected chi connectivity index (χ1v) is 48.5. The predicted molar refractivity (Wildman–Crippen MR) is 442 cm³/mol. The maximum Gasteiger partial charge on any atom is 0.472 e. The molecule has 0 saturated heterocycles. The van der Waals surface area contributed by atoms with Gasteiger partial charge in [-0.15, -0.1) is 0 Å². The standard InChI is InChI=1S/C88H172O17P2/c1-7-10-12-14-16-18-20-22-24-26-27-32-35-39-43-47-51-58-64-70-85(90)98-76-83(104-87(92)72-66-61-53-49-45-41-37-33-29-28-31-34-38-42-46-50-56-62-68-80(4)5)78-102-106(94,95)100-74-82(89)75-101-107(96,97)103-79-84(77-99-86(91)71-65-59-55-54-57-63-69-81(6)9-3)105-88(93)73-67-60-52-48-44-40-36-30-25-23-21-19-17-15-13-11-8-2/h80-84,89H,7-79H2,1-6H3,(H,94,95)(H,96,97)/t81?,82-,83-,84-/m1/s1. The van der Waals surface area contributed by atoms with Crippen LogP contribution < -0.4 is 0 Å². The van der Waals surface area contributed by atoms with Gasteiger partial charge in [-0.1, -0.05) is 420 Å². The molecule has 3 unspecified atom stereocenters. The molecular formula is C88H172O17P2. The molecule has 0 bridgehead atoms. The highest BCUT2D eigenvalue weighted by atomic mass is 31.2. The van der Waals surface area contributed by atoms with E-state index in [9.17, 15) is 43.2 Å². The Labute approximate surface area is 658 Å². The van der Waals surface area contributed by atoms with Crippen LogP contribution in [-0.2, 0) is 65.4 Å². The number of ether oxygens (including phenoxy) is 4. The van der Waals surface area contributed by atoms with Gasteiger partial charge in [0.1, 0.15) is 19.3 Å². The average molecular weight is 1560 g/mol. The Bertz CT molecular complexity index is 2050. The number of phosphoric ester groups is 2. The summed E-state index contributed by atoms with van der Waals surface area (Å²) in [6.45, 7) is 9.68. The molecule has 0 rings (SSSR count). The van der Waals surface area contributed by atoms with E-state index in [4.69, 9.17) is 37.0 Å². The van der Waals surface area contributed by atoms with Crippen molar-refractivity contribution in [1.29, 1.82) is 0 Å². The lowest BCUT2D eigenvalue weighted by Crippen LogP contribution is -2.30. The Balaban J connectivity index is 5.23. The van der Waals surface area contributed by atoms with Gasteiger partial charge in [-0.2, -0.15) is 0 Å². The van der Waals surface area contributed by atoms with Crippen LogP contribution in [-0.4, -0.2) is 96.7 Å².